The number of pyridine rings is 1. The van der Waals surface area contributed by atoms with Crippen molar-refractivity contribution < 1.29 is 9.32 Å². The minimum Gasteiger partial charge on any atom is -0.337 e. The van der Waals surface area contributed by atoms with Crippen molar-refractivity contribution in [2.75, 3.05) is 21.1 Å². The molecule has 0 saturated carbocycles. The molecule has 7 heteroatoms. The van der Waals surface area contributed by atoms with E-state index < -0.39 is 0 Å². The fourth-order valence-corrected chi connectivity index (χ4v) is 2.93. The number of hydrogen-bond donors (Lipinski definition) is 0. The molecule has 0 fully saturated rings. The van der Waals surface area contributed by atoms with E-state index in [1.807, 2.05) is 68.4 Å². The molecule has 0 bridgehead atoms. The molecule has 2 heterocycles. The van der Waals surface area contributed by atoms with Gasteiger partial charge < -0.3 is 9.42 Å². The van der Waals surface area contributed by atoms with Gasteiger partial charge in [0.25, 0.3) is 0 Å². The molecule has 0 aliphatic rings. The number of carbonyl (C=O) groups excluding carboxylic acids is 1. The molecule has 0 N–H and O–H groups in total. The van der Waals surface area contributed by atoms with Crippen molar-refractivity contribution in [2.45, 2.75) is 19.5 Å². The highest BCUT2D eigenvalue weighted by atomic mass is 16.5. The third kappa shape index (κ3) is 4.20. The van der Waals surface area contributed by atoms with E-state index in [1.165, 1.54) is 0 Å². The third-order valence-corrected chi connectivity index (χ3v) is 4.34. The van der Waals surface area contributed by atoms with Crippen molar-refractivity contribution >= 4 is 5.91 Å². The van der Waals surface area contributed by atoms with Gasteiger partial charge in [0, 0.05) is 13.2 Å². The van der Waals surface area contributed by atoms with Crippen LogP contribution in [0.5, 0.6) is 0 Å². The van der Waals surface area contributed by atoms with Crippen molar-refractivity contribution in [1.82, 2.24) is 24.9 Å². The molecule has 140 valence electrons. The number of aromatic nitrogens is 3. The van der Waals surface area contributed by atoms with Crippen molar-refractivity contribution in [2.24, 2.45) is 0 Å². The lowest BCUT2D eigenvalue weighted by molar-refractivity contribution is -0.135. The standard InChI is InChI=1S/C20H23N5O2/c1-14-9-5-6-10-15(14)18(24(2)3)20(26)25(4)13-17-22-19(23-27-17)16-11-7-8-12-21-16/h5-12,18H,13H2,1-4H3/t18-/m0/s1. The normalized spacial score (nSPS) is 12.2. The summed E-state index contributed by atoms with van der Waals surface area (Å²) in [5.74, 6) is 0.746. The van der Waals surface area contributed by atoms with Crippen LogP contribution in [0.3, 0.4) is 0 Å². The van der Waals surface area contributed by atoms with Crippen LogP contribution >= 0.6 is 0 Å². The van der Waals surface area contributed by atoms with E-state index in [2.05, 4.69) is 15.1 Å². The predicted molar refractivity (Wildman–Crippen MR) is 102 cm³/mol. The van der Waals surface area contributed by atoms with Gasteiger partial charge in [-0.25, -0.2) is 0 Å². The van der Waals surface area contributed by atoms with Crippen LogP contribution in [0, 0.1) is 6.92 Å². The summed E-state index contributed by atoms with van der Waals surface area (Å²) in [7, 11) is 5.53. The third-order valence-electron chi connectivity index (χ3n) is 4.34. The summed E-state index contributed by atoms with van der Waals surface area (Å²) in [5.41, 5.74) is 2.69. The summed E-state index contributed by atoms with van der Waals surface area (Å²) in [4.78, 5) is 25.2. The zero-order chi connectivity index (χ0) is 19.4. The Balaban J connectivity index is 1.77. The quantitative estimate of drug-likeness (QED) is 0.669. The summed E-state index contributed by atoms with van der Waals surface area (Å²) in [6.45, 7) is 2.24. The molecule has 0 unspecified atom stereocenters. The fraction of sp³-hybridized carbons (Fsp3) is 0.300. The molecular formula is C20H23N5O2. The molecule has 1 atom stereocenters. The maximum absolute atomic E-state index is 13.1. The zero-order valence-electron chi connectivity index (χ0n) is 16.0. The minimum atomic E-state index is -0.380. The van der Waals surface area contributed by atoms with E-state index in [1.54, 1.807) is 18.1 Å². The molecule has 27 heavy (non-hydrogen) atoms. The summed E-state index contributed by atoms with van der Waals surface area (Å²) >= 11 is 0. The second-order valence-electron chi connectivity index (χ2n) is 6.64. The maximum Gasteiger partial charge on any atom is 0.246 e. The molecule has 3 aromatic rings. The summed E-state index contributed by atoms with van der Waals surface area (Å²) < 4.78 is 5.30. The lowest BCUT2D eigenvalue weighted by Crippen LogP contribution is -2.38. The van der Waals surface area contributed by atoms with Crippen LogP contribution in [0.2, 0.25) is 0 Å². The van der Waals surface area contributed by atoms with Gasteiger partial charge in [0.1, 0.15) is 11.7 Å². The van der Waals surface area contributed by atoms with E-state index in [0.29, 0.717) is 17.4 Å². The second kappa shape index (κ2) is 8.09. The number of aryl methyl sites for hydroxylation is 1. The van der Waals surface area contributed by atoms with Gasteiger partial charge in [-0.15, -0.1) is 0 Å². The number of rotatable bonds is 6. The maximum atomic E-state index is 13.1. The lowest BCUT2D eigenvalue weighted by Gasteiger charge is -2.29. The number of amides is 1. The first-order valence-corrected chi connectivity index (χ1v) is 8.68. The number of benzene rings is 1. The molecule has 2 aromatic heterocycles. The Morgan fingerprint density at radius 2 is 1.85 bits per heavy atom. The van der Waals surface area contributed by atoms with Crippen LogP contribution in [-0.2, 0) is 11.3 Å². The fourth-order valence-electron chi connectivity index (χ4n) is 2.93. The molecule has 1 aromatic carbocycles. The molecule has 0 aliphatic heterocycles. The monoisotopic (exact) mass is 365 g/mol. The van der Waals surface area contributed by atoms with E-state index >= 15 is 0 Å². The van der Waals surface area contributed by atoms with Crippen molar-refractivity contribution in [3.8, 4) is 11.5 Å². The first-order valence-electron chi connectivity index (χ1n) is 8.68. The van der Waals surface area contributed by atoms with Crippen LogP contribution in [0.15, 0.2) is 53.2 Å². The van der Waals surface area contributed by atoms with Gasteiger partial charge in [-0.05, 0) is 44.3 Å². The van der Waals surface area contributed by atoms with Gasteiger partial charge in [0.2, 0.25) is 17.6 Å². The van der Waals surface area contributed by atoms with E-state index in [4.69, 9.17) is 4.52 Å². The second-order valence-corrected chi connectivity index (χ2v) is 6.64. The highest BCUT2D eigenvalue weighted by Crippen LogP contribution is 2.24. The van der Waals surface area contributed by atoms with Crippen LogP contribution in [-0.4, -0.2) is 52.0 Å². The van der Waals surface area contributed by atoms with Crippen LogP contribution in [0.1, 0.15) is 23.1 Å². The van der Waals surface area contributed by atoms with Crippen LogP contribution in [0.25, 0.3) is 11.5 Å². The van der Waals surface area contributed by atoms with Gasteiger partial charge in [0.15, 0.2) is 0 Å². The topological polar surface area (TPSA) is 75.4 Å². The molecule has 1 amide bonds. The Morgan fingerprint density at radius 1 is 1.11 bits per heavy atom. The Bertz CT molecular complexity index is 908. The average Bonchev–Trinajstić information content (AvgIpc) is 3.12. The Labute approximate surface area is 158 Å². The number of likely N-dealkylation sites (N-methyl/N-ethyl adjacent to an activating group) is 2. The zero-order valence-corrected chi connectivity index (χ0v) is 16.0. The number of hydrogen-bond acceptors (Lipinski definition) is 6. The summed E-state index contributed by atoms with van der Waals surface area (Å²) in [5, 5.41) is 3.95. The number of carbonyl (C=O) groups is 1. The molecule has 7 nitrogen and oxygen atoms in total. The highest BCUT2D eigenvalue weighted by molar-refractivity contribution is 5.83. The SMILES string of the molecule is Cc1ccccc1[C@@H](C(=O)N(C)Cc1nc(-c2ccccn2)no1)N(C)C. The summed E-state index contributed by atoms with van der Waals surface area (Å²) in [6, 6.07) is 13.0. The molecule has 0 aliphatic carbocycles. The van der Waals surface area contributed by atoms with E-state index in [9.17, 15) is 4.79 Å². The van der Waals surface area contributed by atoms with E-state index in [-0.39, 0.29) is 18.5 Å². The smallest absolute Gasteiger partial charge is 0.246 e. The largest absolute Gasteiger partial charge is 0.337 e. The van der Waals surface area contributed by atoms with Gasteiger partial charge in [-0.1, -0.05) is 35.5 Å². The highest BCUT2D eigenvalue weighted by Gasteiger charge is 2.28. The predicted octanol–water partition coefficient (Wildman–Crippen LogP) is 2.70. The number of nitrogens with zero attached hydrogens (tertiary/aromatic N) is 5. The van der Waals surface area contributed by atoms with Gasteiger partial charge in [0.05, 0.1) is 6.54 Å². The van der Waals surface area contributed by atoms with Crippen LogP contribution in [0.4, 0.5) is 0 Å². The average molecular weight is 365 g/mol. The van der Waals surface area contributed by atoms with Crippen molar-refractivity contribution in [3.05, 3.63) is 65.7 Å². The van der Waals surface area contributed by atoms with Gasteiger partial charge >= 0.3 is 0 Å². The minimum absolute atomic E-state index is 0.0353. The Morgan fingerprint density at radius 3 is 2.52 bits per heavy atom. The Kier molecular flexibility index (Phi) is 5.61. The summed E-state index contributed by atoms with van der Waals surface area (Å²) in [6.07, 6.45) is 1.67. The first kappa shape index (κ1) is 18.7. The molecule has 0 spiro atoms. The first-order chi connectivity index (χ1) is 13.0. The van der Waals surface area contributed by atoms with Crippen LogP contribution < -0.4 is 0 Å². The molecular weight excluding hydrogens is 342 g/mol. The van der Waals surface area contributed by atoms with Crippen molar-refractivity contribution in [1.29, 1.82) is 0 Å². The molecule has 0 radical (unpaired) electrons. The van der Waals surface area contributed by atoms with E-state index in [0.717, 1.165) is 11.1 Å². The Hall–Kier alpha value is -3.06. The van der Waals surface area contributed by atoms with Crippen molar-refractivity contribution in [3.63, 3.8) is 0 Å². The van der Waals surface area contributed by atoms with Gasteiger partial charge in [-0.2, -0.15) is 4.98 Å². The molecule has 0 saturated heterocycles. The molecule has 3 rings (SSSR count). The van der Waals surface area contributed by atoms with Gasteiger partial charge in [-0.3, -0.25) is 14.7 Å². The lowest BCUT2D eigenvalue weighted by atomic mass is 9.99.